The number of nitrogens with one attached hydrogen (secondary N) is 1. The zero-order chi connectivity index (χ0) is 22.4. The molecule has 0 aromatic heterocycles. The molecule has 0 unspecified atom stereocenters. The highest BCUT2D eigenvalue weighted by Gasteiger charge is 2.35. The first kappa shape index (κ1) is 19.9. The molecule has 0 fully saturated rings. The highest BCUT2D eigenvalue weighted by molar-refractivity contribution is 8.13. The fourth-order valence-corrected chi connectivity index (χ4v) is 4.83. The number of hydrogen-bond acceptors (Lipinski definition) is 7. The van der Waals surface area contributed by atoms with Gasteiger partial charge in [0.05, 0.1) is 5.36 Å². The number of carbonyl (C=O) groups excluding carboxylic acids is 1. The molecule has 0 saturated carbocycles. The topological polar surface area (TPSA) is 75.5 Å². The van der Waals surface area contributed by atoms with Crippen LogP contribution in [0.5, 0.6) is 11.5 Å². The molecule has 0 spiro atoms. The summed E-state index contributed by atoms with van der Waals surface area (Å²) in [6.07, 6.45) is -0.495. The normalized spacial score (nSPS) is 18.2. The van der Waals surface area contributed by atoms with Crippen LogP contribution < -0.4 is 25.4 Å². The van der Waals surface area contributed by atoms with Crippen LogP contribution >= 0.6 is 11.8 Å². The number of aryl methyl sites for hydroxylation is 1. The van der Waals surface area contributed by atoms with E-state index in [2.05, 4.69) is 36.5 Å². The van der Waals surface area contributed by atoms with Gasteiger partial charge in [0.1, 0.15) is 5.70 Å². The van der Waals surface area contributed by atoms with Gasteiger partial charge in [-0.25, -0.2) is 5.01 Å². The summed E-state index contributed by atoms with van der Waals surface area (Å²) < 4.78 is 11.0. The molecule has 0 bridgehead atoms. The van der Waals surface area contributed by atoms with Crippen molar-refractivity contribution in [1.29, 1.82) is 0 Å². The van der Waals surface area contributed by atoms with Crippen LogP contribution in [-0.4, -0.2) is 22.9 Å². The van der Waals surface area contributed by atoms with Gasteiger partial charge in [-0.05, 0) is 30.7 Å². The quantitative estimate of drug-likeness (QED) is 0.656. The molecule has 3 aromatic carbocycles. The van der Waals surface area contributed by atoms with Gasteiger partial charge in [-0.3, -0.25) is 15.1 Å². The number of carbonyl (C=O) groups is 1. The smallest absolute Gasteiger partial charge is 0.276 e. The van der Waals surface area contributed by atoms with E-state index >= 15 is 0 Å². The van der Waals surface area contributed by atoms with Gasteiger partial charge in [-0.2, -0.15) is 0 Å². The molecule has 0 saturated heterocycles. The van der Waals surface area contributed by atoms with E-state index in [-0.39, 0.29) is 12.7 Å². The molecule has 3 aromatic rings. The first-order chi connectivity index (χ1) is 16.2. The van der Waals surface area contributed by atoms with Crippen LogP contribution in [0.4, 0.5) is 0 Å². The monoisotopic (exact) mass is 456 g/mol. The Morgan fingerprint density at radius 1 is 1.06 bits per heavy atom. The molecule has 8 heteroatoms. The number of hydrogen-bond donors (Lipinski definition) is 1. The number of hydrazone groups is 1. The zero-order valence-corrected chi connectivity index (χ0v) is 18.6. The Kier molecular flexibility index (Phi) is 4.80. The van der Waals surface area contributed by atoms with Gasteiger partial charge in [0.15, 0.2) is 22.8 Å². The Morgan fingerprint density at radius 3 is 2.76 bits per heavy atom. The molecule has 3 aliphatic rings. The van der Waals surface area contributed by atoms with Crippen molar-refractivity contribution in [2.45, 2.75) is 18.8 Å². The summed E-state index contributed by atoms with van der Waals surface area (Å²) in [7, 11) is 0. The van der Waals surface area contributed by atoms with Crippen LogP contribution in [-0.2, 0) is 10.5 Å². The van der Waals surface area contributed by atoms with Crippen molar-refractivity contribution in [2.75, 3.05) is 6.79 Å². The van der Waals surface area contributed by atoms with E-state index in [1.165, 1.54) is 22.9 Å². The highest BCUT2D eigenvalue weighted by Crippen LogP contribution is 2.38. The highest BCUT2D eigenvalue weighted by atomic mass is 32.2. The lowest BCUT2D eigenvalue weighted by molar-refractivity contribution is -0.116. The predicted octanol–water partition coefficient (Wildman–Crippen LogP) is 2.80. The van der Waals surface area contributed by atoms with E-state index in [9.17, 15) is 4.79 Å². The molecule has 7 nitrogen and oxygen atoms in total. The van der Waals surface area contributed by atoms with Crippen molar-refractivity contribution in [1.82, 2.24) is 10.3 Å². The summed E-state index contributed by atoms with van der Waals surface area (Å²) in [5.74, 6) is 1.88. The minimum absolute atomic E-state index is 0.190. The number of benzene rings is 3. The molecule has 164 valence electrons. The Bertz CT molecular complexity index is 1420. The lowest BCUT2D eigenvalue weighted by Crippen LogP contribution is -2.50. The van der Waals surface area contributed by atoms with Gasteiger partial charge in [-0.15, -0.1) is 5.10 Å². The molecule has 1 amide bonds. The molecule has 33 heavy (non-hydrogen) atoms. The van der Waals surface area contributed by atoms with Crippen molar-refractivity contribution in [3.8, 4) is 11.5 Å². The average Bonchev–Trinajstić information content (AvgIpc) is 3.31. The molecule has 1 atom stereocenters. The van der Waals surface area contributed by atoms with E-state index in [0.29, 0.717) is 28.1 Å². The molecule has 3 heterocycles. The number of ether oxygens (including phenoxy) is 2. The lowest BCUT2D eigenvalue weighted by Gasteiger charge is -2.34. The number of nitrogens with zero attached hydrogens (tertiary/aromatic N) is 3. The molecular formula is C25H20N4O3S. The van der Waals surface area contributed by atoms with E-state index in [1.807, 2.05) is 42.5 Å². The number of rotatable bonds is 3. The fourth-order valence-electron chi connectivity index (χ4n) is 4.02. The van der Waals surface area contributed by atoms with Gasteiger partial charge in [0, 0.05) is 16.5 Å². The van der Waals surface area contributed by atoms with E-state index in [0.717, 1.165) is 16.1 Å². The van der Waals surface area contributed by atoms with Crippen molar-refractivity contribution >= 4 is 28.5 Å². The molecule has 0 aliphatic carbocycles. The second-order valence-corrected chi connectivity index (χ2v) is 8.92. The lowest BCUT2D eigenvalue weighted by atomic mass is 10.1. The van der Waals surface area contributed by atoms with Crippen molar-refractivity contribution < 1.29 is 14.3 Å². The summed E-state index contributed by atoms with van der Waals surface area (Å²) in [5, 5.41) is 11.6. The van der Waals surface area contributed by atoms with Crippen LogP contribution in [0.3, 0.4) is 0 Å². The minimum Gasteiger partial charge on any atom is -0.454 e. The van der Waals surface area contributed by atoms with Crippen molar-refractivity contribution in [3.63, 3.8) is 0 Å². The van der Waals surface area contributed by atoms with Gasteiger partial charge < -0.3 is 9.47 Å². The van der Waals surface area contributed by atoms with Crippen LogP contribution in [0.2, 0.25) is 0 Å². The SMILES string of the molecule is Cc1ccc(CSC2=NN3C(=c4ccccc4=N[C@@H]3c3ccc4c(c3)OCO4)C(=O)N2)cc1. The van der Waals surface area contributed by atoms with Crippen molar-refractivity contribution in [3.05, 3.63) is 94.0 Å². The Morgan fingerprint density at radius 2 is 1.88 bits per heavy atom. The Hall–Kier alpha value is -3.78. The maximum Gasteiger partial charge on any atom is 0.276 e. The van der Waals surface area contributed by atoms with Crippen LogP contribution in [0.15, 0.2) is 76.8 Å². The van der Waals surface area contributed by atoms with E-state index < -0.39 is 6.17 Å². The number of amides is 1. The largest absolute Gasteiger partial charge is 0.454 e. The molecule has 3 aliphatic heterocycles. The summed E-state index contributed by atoms with van der Waals surface area (Å²) in [4.78, 5) is 18.2. The second-order valence-electron chi connectivity index (χ2n) is 7.96. The molecule has 1 N–H and O–H groups in total. The van der Waals surface area contributed by atoms with Crippen LogP contribution in [0.1, 0.15) is 22.9 Å². The molecule has 6 rings (SSSR count). The Labute approximate surface area is 194 Å². The summed E-state index contributed by atoms with van der Waals surface area (Å²) in [5.41, 5.74) is 3.74. The summed E-state index contributed by atoms with van der Waals surface area (Å²) >= 11 is 1.49. The van der Waals surface area contributed by atoms with Crippen molar-refractivity contribution in [2.24, 2.45) is 10.1 Å². The van der Waals surface area contributed by atoms with Crippen LogP contribution in [0, 0.1) is 6.92 Å². The first-order valence-electron chi connectivity index (χ1n) is 10.6. The third-order valence-corrected chi connectivity index (χ3v) is 6.64. The maximum absolute atomic E-state index is 13.3. The molecule has 0 radical (unpaired) electrons. The fraction of sp³-hybridized carbons (Fsp3) is 0.160. The number of amidine groups is 1. The number of para-hydroxylation sites is 1. The second kappa shape index (κ2) is 7.97. The van der Waals surface area contributed by atoms with Crippen LogP contribution in [0.25, 0.3) is 5.70 Å². The third-order valence-electron chi connectivity index (χ3n) is 5.71. The van der Waals surface area contributed by atoms with Gasteiger partial charge in [0.25, 0.3) is 5.91 Å². The summed E-state index contributed by atoms with van der Waals surface area (Å²) in [6.45, 7) is 2.26. The van der Waals surface area contributed by atoms with Gasteiger partial charge in [0.2, 0.25) is 6.79 Å². The predicted molar refractivity (Wildman–Crippen MR) is 126 cm³/mol. The summed E-state index contributed by atoms with van der Waals surface area (Å²) in [6, 6.07) is 21.7. The standard InChI is InChI=1S/C25H20N4O3S/c1-15-6-8-16(9-7-15)13-33-25-27-24(30)22-18-4-2-3-5-19(18)26-23(29(22)28-25)17-10-11-20-21(12-17)32-14-31-20/h2-12,23H,13-14H2,1H3,(H,27,28,30)/t23-/m0/s1. The maximum atomic E-state index is 13.3. The number of fused-ring (bicyclic) bond motifs is 3. The minimum atomic E-state index is -0.495. The average molecular weight is 457 g/mol. The van der Waals surface area contributed by atoms with Gasteiger partial charge in [-0.1, -0.05) is 65.9 Å². The van der Waals surface area contributed by atoms with E-state index in [1.54, 1.807) is 5.01 Å². The third kappa shape index (κ3) is 3.62. The Balaban J connectivity index is 1.40. The van der Waals surface area contributed by atoms with E-state index in [4.69, 9.17) is 19.6 Å². The first-order valence-corrected chi connectivity index (χ1v) is 11.6. The number of thioether (sulfide) groups is 1. The zero-order valence-electron chi connectivity index (χ0n) is 17.8. The molecular weight excluding hydrogens is 436 g/mol. The van der Waals surface area contributed by atoms with Gasteiger partial charge >= 0.3 is 0 Å².